The van der Waals surface area contributed by atoms with Crippen molar-refractivity contribution in [2.24, 2.45) is 5.92 Å². The fourth-order valence-electron chi connectivity index (χ4n) is 2.48. The van der Waals surface area contributed by atoms with E-state index in [9.17, 15) is 0 Å². The minimum atomic E-state index is 0.583. The molecule has 2 aliphatic rings. The molecular weight excluding hydrogens is 200 g/mol. The molecule has 1 heterocycles. The maximum Gasteiger partial charge on any atom is 0.0620 e. The third-order valence-corrected chi connectivity index (χ3v) is 4.00. The van der Waals surface area contributed by atoms with Crippen LogP contribution in [0.5, 0.6) is 0 Å². The first-order chi connectivity index (χ1) is 7.84. The Hall–Kier alpha value is -0.120. The Kier molecular flexibility index (Phi) is 5.07. The van der Waals surface area contributed by atoms with Gasteiger partial charge in [-0.25, -0.2) is 0 Å². The second-order valence-corrected chi connectivity index (χ2v) is 5.40. The highest BCUT2D eigenvalue weighted by molar-refractivity contribution is 4.73. The monoisotopic (exact) mass is 226 g/mol. The van der Waals surface area contributed by atoms with Crippen LogP contribution in [-0.4, -0.2) is 50.8 Å². The number of nitrogens with zero attached hydrogens (tertiary/aromatic N) is 1. The Morgan fingerprint density at radius 3 is 2.69 bits per heavy atom. The molecule has 1 saturated heterocycles. The van der Waals surface area contributed by atoms with Crippen LogP contribution < -0.4 is 5.32 Å². The van der Waals surface area contributed by atoms with Crippen molar-refractivity contribution < 1.29 is 4.74 Å². The third-order valence-electron chi connectivity index (χ3n) is 4.00. The molecule has 1 saturated carbocycles. The highest BCUT2D eigenvalue weighted by atomic mass is 16.5. The second kappa shape index (κ2) is 6.58. The molecule has 0 aromatic heterocycles. The summed E-state index contributed by atoms with van der Waals surface area (Å²) >= 11 is 0. The lowest BCUT2D eigenvalue weighted by Crippen LogP contribution is -2.43. The number of hydrogen-bond acceptors (Lipinski definition) is 3. The predicted molar refractivity (Wildman–Crippen MR) is 66.7 cm³/mol. The van der Waals surface area contributed by atoms with E-state index >= 15 is 0 Å². The molecule has 2 fully saturated rings. The van der Waals surface area contributed by atoms with Gasteiger partial charge in [0.25, 0.3) is 0 Å². The molecule has 1 atom stereocenters. The number of ether oxygens (including phenoxy) is 1. The largest absolute Gasteiger partial charge is 0.379 e. The van der Waals surface area contributed by atoms with Crippen LogP contribution in [0.2, 0.25) is 0 Å². The smallest absolute Gasteiger partial charge is 0.0620 e. The zero-order valence-electron chi connectivity index (χ0n) is 10.6. The van der Waals surface area contributed by atoms with Crippen molar-refractivity contribution in [2.45, 2.75) is 38.1 Å². The lowest BCUT2D eigenvalue weighted by molar-refractivity contribution is 0.0706. The van der Waals surface area contributed by atoms with Crippen LogP contribution in [0.4, 0.5) is 0 Å². The van der Waals surface area contributed by atoms with Crippen LogP contribution in [-0.2, 0) is 4.74 Å². The molecule has 2 rings (SSSR count). The Morgan fingerprint density at radius 2 is 2.06 bits per heavy atom. The lowest BCUT2D eigenvalue weighted by atomic mass is 9.83. The predicted octanol–water partition coefficient (Wildman–Crippen LogP) is 1.49. The average molecular weight is 226 g/mol. The molecule has 0 radical (unpaired) electrons. The van der Waals surface area contributed by atoms with Gasteiger partial charge in [-0.3, -0.25) is 0 Å². The Labute approximate surface area is 99.5 Å². The molecular formula is C13H26N2O. The summed E-state index contributed by atoms with van der Waals surface area (Å²) in [6.45, 7) is 5.28. The molecule has 1 unspecified atom stereocenters. The van der Waals surface area contributed by atoms with E-state index in [0.717, 1.165) is 25.7 Å². The van der Waals surface area contributed by atoms with Gasteiger partial charge in [-0.1, -0.05) is 19.3 Å². The quantitative estimate of drug-likeness (QED) is 0.742. The van der Waals surface area contributed by atoms with E-state index in [1.54, 1.807) is 0 Å². The summed E-state index contributed by atoms with van der Waals surface area (Å²) in [4.78, 5) is 2.48. The van der Waals surface area contributed by atoms with Crippen molar-refractivity contribution in [1.82, 2.24) is 10.2 Å². The SMILES string of the molecule is CN(CCC1CCC1)CCC1COCCN1. The zero-order chi connectivity index (χ0) is 11.2. The van der Waals surface area contributed by atoms with E-state index in [-0.39, 0.29) is 0 Å². The van der Waals surface area contributed by atoms with Gasteiger partial charge in [0.1, 0.15) is 0 Å². The molecule has 0 spiro atoms. The molecule has 0 aromatic rings. The zero-order valence-corrected chi connectivity index (χ0v) is 10.6. The first kappa shape index (κ1) is 12.3. The van der Waals surface area contributed by atoms with Gasteiger partial charge in [-0.15, -0.1) is 0 Å². The Balaban J connectivity index is 1.50. The molecule has 1 aliphatic carbocycles. The molecule has 94 valence electrons. The lowest BCUT2D eigenvalue weighted by Gasteiger charge is -2.29. The van der Waals surface area contributed by atoms with Gasteiger partial charge in [0.15, 0.2) is 0 Å². The van der Waals surface area contributed by atoms with Crippen LogP contribution in [0.25, 0.3) is 0 Å². The van der Waals surface area contributed by atoms with Crippen LogP contribution in [0.15, 0.2) is 0 Å². The van der Waals surface area contributed by atoms with Crippen molar-refractivity contribution in [3.63, 3.8) is 0 Å². The summed E-state index contributed by atoms with van der Waals surface area (Å²) in [6.07, 6.45) is 7.06. The van der Waals surface area contributed by atoms with Crippen LogP contribution in [0.1, 0.15) is 32.1 Å². The van der Waals surface area contributed by atoms with Crippen molar-refractivity contribution in [3.8, 4) is 0 Å². The Bertz CT molecular complexity index is 188. The van der Waals surface area contributed by atoms with E-state index in [2.05, 4.69) is 17.3 Å². The van der Waals surface area contributed by atoms with Crippen LogP contribution >= 0.6 is 0 Å². The Morgan fingerprint density at radius 1 is 1.25 bits per heavy atom. The van der Waals surface area contributed by atoms with Gasteiger partial charge in [-0.05, 0) is 38.9 Å². The molecule has 3 heteroatoms. The molecule has 1 aliphatic heterocycles. The van der Waals surface area contributed by atoms with Gasteiger partial charge in [0, 0.05) is 12.6 Å². The summed E-state index contributed by atoms with van der Waals surface area (Å²) in [7, 11) is 2.25. The van der Waals surface area contributed by atoms with E-state index < -0.39 is 0 Å². The molecule has 3 nitrogen and oxygen atoms in total. The van der Waals surface area contributed by atoms with E-state index in [0.29, 0.717) is 6.04 Å². The average Bonchev–Trinajstić information content (AvgIpc) is 2.26. The maximum absolute atomic E-state index is 5.46. The van der Waals surface area contributed by atoms with Crippen molar-refractivity contribution in [3.05, 3.63) is 0 Å². The molecule has 1 N–H and O–H groups in total. The minimum absolute atomic E-state index is 0.583. The first-order valence-corrected chi connectivity index (χ1v) is 6.84. The third kappa shape index (κ3) is 4.04. The summed E-state index contributed by atoms with van der Waals surface area (Å²) in [6, 6.07) is 0.583. The highest BCUT2D eigenvalue weighted by Crippen LogP contribution is 2.29. The highest BCUT2D eigenvalue weighted by Gasteiger charge is 2.18. The van der Waals surface area contributed by atoms with Crippen LogP contribution in [0.3, 0.4) is 0 Å². The molecule has 0 aromatic carbocycles. The van der Waals surface area contributed by atoms with Gasteiger partial charge in [0.05, 0.1) is 13.2 Å². The summed E-state index contributed by atoms with van der Waals surface area (Å²) < 4.78 is 5.46. The van der Waals surface area contributed by atoms with Crippen molar-refractivity contribution in [2.75, 3.05) is 39.9 Å². The summed E-state index contributed by atoms with van der Waals surface area (Å²) in [5.74, 6) is 1.04. The number of rotatable bonds is 6. The summed E-state index contributed by atoms with van der Waals surface area (Å²) in [5.41, 5.74) is 0. The first-order valence-electron chi connectivity index (χ1n) is 6.84. The molecule has 16 heavy (non-hydrogen) atoms. The molecule has 0 bridgehead atoms. The van der Waals surface area contributed by atoms with Crippen LogP contribution in [0, 0.1) is 5.92 Å². The van der Waals surface area contributed by atoms with Gasteiger partial charge in [-0.2, -0.15) is 0 Å². The van der Waals surface area contributed by atoms with Crippen molar-refractivity contribution >= 4 is 0 Å². The van der Waals surface area contributed by atoms with Gasteiger partial charge in [0.2, 0.25) is 0 Å². The topological polar surface area (TPSA) is 24.5 Å². The standard InChI is InChI=1S/C13H26N2O/c1-15(8-5-12-3-2-4-12)9-6-13-11-16-10-7-14-13/h12-14H,2-11H2,1H3. The fraction of sp³-hybridized carbons (Fsp3) is 1.00. The summed E-state index contributed by atoms with van der Waals surface area (Å²) in [5, 5.41) is 3.51. The number of morpholine rings is 1. The van der Waals surface area contributed by atoms with E-state index in [4.69, 9.17) is 4.74 Å². The molecule has 0 amide bonds. The second-order valence-electron chi connectivity index (χ2n) is 5.40. The number of hydrogen-bond donors (Lipinski definition) is 1. The van der Waals surface area contributed by atoms with Gasteiger partial charge < -0.3 is 15.0 Å². The van der Waals surface area contributed by atoms with E-state index in [1.165, 1.54) is 45.2 Å². The number of nitrogens with one attached hydrogen (secondary N) is 1. The fourth-order valence-corrected chi connectivity index (χ4v) is 2.48. The maximum atomic E-state index is 5.46. The normalized spacial score (nSPS) is 27.0. The van der Waals surface area contributed by atoms with E-state index in [1.807, 2.05) is 0 Å². The van der Waals surface area contributed by atoms with Crippen molar-refractivity contribution in [1.29, 1.82) is 0 Å². The minimum Gasteiger partial charge on any atom is -0.379 e. The van der Waals surface area contributed by atoms with Gasteiger partial charge >= 0.3 is 0 Å².